The Kier molecular flexibility index (Phi) is 5.15. The Bertz CT molecular complexity index is 538. The number of nitrogens with zero attached hydrogens (tertiary/aromatic N) is 1. The summed E-state index contributed by atoms with van der Waals surface area (Å²) in [5.74, 6) is -1.02. The summed E-state index contributed by atoms with van der Waals surface area (Å²) in [6, 6.07) is 1.40. The summed E-state index contributed by atoms with van der Waals surface area (Å²) >= 11 is 6.98. The van der Waals surface area contributed by atoms with Crippen molar-refractivity contribution in [3.05, 3.63) is 15.3 Å². The molecular formula is C10H14ClNO4S2. The van der Waals surface area contributed by atoms with Crippen molar-refractivity contribution in [3.63, 3.8) is 0 Å². The number of hydrogen-bond donors (Lipinski definition) is 1. The molecule has 1 rings (SSSR count). The van der Waals surface area contributed by atoms with Gasteiger partial charge < -0.3 is 5.11 Å². The van der Waals surface area contributed by atoms with Crippen LogP contribution >= 0.6 is 22.9 Å². The molecule has 0 aliphatic carbocycles. The highest BCUT2D eigenvalue weighted by Gasteiger charge is 2.26. The first-order valence-corrected chi connectivity index (χ1v) is 7.90. The highest BCUT2D eigenvalue weighted by molar-refractivity contribution is 7.89. The van der Waals surface area contributed by atoms with Crippen LogP contribution < -0.4 is 0 Å². The quantitative estimate of drug-likeness (QED) is 0.874. The van der Waals surface area contributed by atoms with E-state index in [1.54, 1.807) is 13.8 Å². The number of carboxylic acids is 1. The normalized spacial score (nSPS) is 12.0. The smallest absolute Gasteiger partial charge is 0.304 e. The number of halogens is 1. The first-order chi connectivity index (χ1) is 8.28. The fourth-order valence-corrected chi connectivity index (χ4v) is 4.74. The molecule has 0 bridgehead atoms. The first kappa shape index (κ1) is 15.4. The molecule has 1 N–H and O–H groups in total. The highest BCUT2D eigenvalue weighted by atomic mass is 35.5. The summed E-state index contributed by atoms with van der Waals surface area (Å²) in [6.07, 6.45) is -0.218. The largest absolute Gasteiger partial charge is 0.481 e. The van der Waals surface area contributed by atoms with E-state index in [4.69, 9.17) is 16.7 Å². The second-order valence-electron chi connectivity index (χ2n) is 3.61. The molecule has 5 nitrogen and oxygen atoms in total. The Morgan fingerprint density at radius 2 is 2.17 bits per heavy atom. The van der Waals surface area contributed by atoms with Gasteiger partial charge in [0.25, 0.3) is 0 Å². The summed E-state index contributed by atoms with van der Waals surface area (Å²) in [7, 11) is -3.66. The van der Waals surface area contributed by atoms with Gasteiger partial charge in [0.1, 0.15) is 0 Å². The van der Waals surface area contributed by atoms with Crippen molar-refractivity contribution in [2.24, 2.45) is 0 Å². The minimum atomic E-state index is -3.66. The van der Waals surface area contributed by atoms with Crippen molar-refractivity contribution in [3.8, 4) is 0 Å². The molecule has 0 spiro atoms. The lowest BCUT2D eigenvalue weighted by Crippen LogP contribution is -2.33. The van der Waals surface area contributed by atoms with Crippen molar-refractivity contribution >= 4 is 38.9 Å². The molecule has 8 heteroatoms. The molecule has 102 valence electrons. The lowest BCUT2D eigenvalue weighted by Gasteiger charge is -2.19. The zero-order valence-corrected chi connectivity index (χ0v) is 12.4. The van der Waals surface area contributed by atoms with Crippen molar-refractivity contribution in [2.45, 2.75) is 25.2 Å². The van der Waals surface area contributed by atoms with Gasteiger partial charge in [0.15, 0.2) is 0 Å². The van der Waals surface area contributed by atoms with Crippen LogP contribution in [0.15, 0.2) is 11.0 Å². The SMILES string of the molecule is CCN(CCC(=O)O)S(=O)(=O)c1cc(Cl)sc1C. The molecular weight excluding hydrogens is 298 g/mol. The summed E-state index contributed by atoms with van der Waals surface area (Å²) in [5.41, 5.74) is 0. The maximum absolute atomic E-state index is 12.3. The molecule has 0 unspecified atom stereocenters. The molecule has 0 atom stereocenters. The van der Waals surface area contributed by atoms with E-state index in [1.807, 2.05) is 0 Å². The van der Waals surface area contributed by atoms with Gasteiger partial charge in [0, 0.05) is 18.0 Å². The average molecular weight is 312 g/mol. The predicted octanol–water partition coefficient (Wildman–Crippen LogP) is 2.20. The minimum absolute atomic E-state index is 0.0406. The van der Waals surface area contributed by atoms with Crippen molar-refractivity contribution in [2.75, 3.05) is 13.1 Å². The van der Waals surface area contributed by atoms with Crippen LogP contribution in [0, 0.1) is 6.92 Å². The third-order valence-corrected chi connectivity index (χ3v) is 5.80. The maximum Gasteiger partial charge on any atom is 0.304 e. The number of hydrogen-bond acceptors (Lipinski definition) is 4. The molecule has 0 aliphatic heterocycles. The minimum Gasteiger partial charge on any atom is -0.481 e. The summed E-state index contributed by atoms with van der Waals surface area (Å²) < 4.78 is 26.1. The van der Waals surface area contributed by atoms with Gasteiger partial charge in [-0.05, 0) is 13.0 Å². The van der Waals surface area contributed by atoms with Crippen molar-refractivity contribution < 1.29 is 18.3 Å². The monoisotopic (exact) mass is 311 g/mol. The van der Waals surface area contributed by atoms with E-state index in [2.05, 4.69) is 0 Å². The Balaban J connectivity index is 3.03. The van der Waals surface area contributed by atoms with E-state index >= 15 is 0 Å². The fourth-order valence-electron chi connectivity index (χ4n) is 1.49. The number of sulfonamides is 1. The zero-order valence-electron chi connectivity index (χ0n) is 10.0. The van der Waals surface area contributed by atoms with Gasteiger partial charge in [-0.15, -0.1) is 11.3 Å². The summed E-state index contributed by atoms with van der Waals surface area (Å²) in [5, 5.41) is 8.61. The molecule has 0 aromatic carbocycles. The van der Waals surface area contributed by atoms with Gasteiger partial charge in [-0.25, -0.2) is 8.42 Å². The third-order valence-electron chi connectivity index (χ3n) is 2.39. The van der Waals surface area contributed by atoms with E-state index in [0.717, 1.165) is 4.31 Å². The van der Waals surface area contributed by atoms with Gasteiger partial charge in [-0.2, -0.15) is 4.31 Å². The predicted molar refractivity (Wildman–Crippen MR) is 70.8 cm³/mol. The maximum atomic E-state index is 12.3. The molecule has 0 saturated carbocycles. The molecule has 0 saturated heterocycles. The van der Waals surface area contributed by atoms with Gasteiger partial charge in [0.2, 0.25) is 10.0 Å². The Labute approximate surface area is 115 Å². The van der Waals surface area contributed by atoms with Gasteiger partial charge >= 0.3 is 5.97 Å². The van der Waals surface area contributed by atoms with Gasteiger partial charge in [0.05, 0.1) is 15.7 Å². The highest BCUT2D eigenvalue weighted by Crippen LogP contribution is 2.31. The Morgan fingerprint density at radius 1 is 1.56 bits per heavy atom. The molecule has 0 amide bonds. The number of aryl methyl sites for hydroxylation is 1. The topological polar surface area (TPSA) is 74.7 Å². The summed E-state index contributed by atoms with van der Waals surface area (Å²) in [6.45, 7) is 3.53. The van der Waals surface area contributed by atoms with Crippen LogP contribution in [0.2, 0.25) is 4.34 Å². The molecule has 18 heavy (non-hydrogen) atoms. The number of aliphatic carboxylic acids is 1. The van der Waals surface area contributed by atoms with E-state index in [0.29, 0.717) is 9.21 Å². The van der Waals surface area contributed by atoms with Crippen LogP contribution in [0.4, 0.5) is 0 Å². The third kappa shape index (κ3) is 3.44. The van der Waals surface area contributed by atoms with Crippen LogP contribution in [-0.4, -0.2) is 36.9 Å². The van der Waals surface area contributed by atoms with Crippen molar-refractivity contribution in [1.82, 2.24) is 4.31 Å². The van der Waals surface area contributed by atoms with E-state index in [1.165, 1.54) is 17.4 Å². The molecule has 0 aliphatic rings. The standard InChI is InChI=1S/C10H14ClNO4S2/c1-3-12(5-4-10(13)14)18(15,16)8-6-9(11)17-7(8)2/h6H,3-5H2,1-2H3,(H,13,14). The zero-order chi connectivity index (χ0) is 13.9. The molecule has 1 aromatic heterocycles. The number of carbonyl (C=O) groups is 1. The van der Waals surface area contributed by atoms with Gasteiger partial charge in [-0.1, -0.05) is 18.5 Å². The molecule has 0 fully saturated rings. The Morgan fingerprint density at radius 3 is 2.56 bits per heavy atom. The van der Waals surface area contributed by atoms with Crippen molar-refractivity contribution in [1.29, 1.82) is 0 Å². The molecule has 1 aromatic rings. The molecule has 0 radical (unpaired) electrons. The number of thiophene rings is 1. The lowest BCUT2D eigenvalue weighted by atomic mass is 10.4. The van der Waals surface area contributed by atoms with Crippen LogP contribution in [-0.2, 0) is 14.8 Å². The number of rotatable bonds is 6. The first-order valence-electron chi connectivity index (χ1n) is 5.27. The Hall–Kier alpha value is -0.630. The second-order valence-corrected chi connectivity index (χ2v) is 7.41. The average Bonchev–Trinajstić information content (AvgIpc) is 2.58. The summed E-state index contributed by atoms with van der Waals surface area (Å²) in [4.78, 5) is 11.3. The van der Waals surface area contributed by atoms with E-state index in [9.17, 15) is 13.2 Å². The van der Waals surface area contributed by atoms with E-state index in [-0.39, 0.29) is 24.4 Å². The van der Waals surface area contributed by atoms with Gasteiger partial charge in [-0.3, -0.25) is 4.79 Å². The van der Waals surface area contributed by atoms with Crippen LogP contribution in [0.25, 0.3) is 0 Å². The molecule has 1 heterocycles. The fraction of sp³-hybridized carbons (Fsp3) is 0.500. The lowest BCUT2D eigenvalue weighted by molar-refractivity contribution is -0.137. The van der Waals surface area contributed by atoms with Crippen LogP contribution in [0.1, 0.15) is 18.2 Å². The number of carboxylic acid groups (broad SMARTS) is 1. The van der Waals surface area contributed by atoms with E-state index < -0.39 is 16.0 Å². The second kappa shape index (κ2) is 6.01. The van der Waals surface area contributed by atoms with Crippen LogP contribution in [0.3, 0.4) is 0 Å². The van der Waals surface area contributed by atoms with Crippen LogP contribution in [0.5, 0.6) is 0 Å².